The van der Waals surface area contributed by atoms with Crippen LogP contribution in [0, 0.1) is 21.4 Å². The molecule has 3 aromatic carbocycles. The van der Waals surface area contributed by atoms with E-state index in [1.54, 1.807) is 43.3 Å². The van der Waals surface area contributed by atoms with Crippen molar-refractivity contribution in [2.75, 3.05) is 11.9 Å². The third-order valence-corrected chi connectivity index (χ3v) is 5.87. The molecule has 1 amide bonds. The summed E-state index contributed by atoms with van der Waals surface area (Å²) in [5, 5.41) is 22.6. The van der Waals surface area contributed by atoms with E-state index in [1.807, 2.05) is 0 Å². The average Bonchev–Trinajstić information content (AvgIpc) is 2.87. The number of non-ortho nitro benzene ring substituents is 1. The van der Waals surface area contributed by atoms with Crippen LogP contribution in [0.3, 0.4) is 0 Å². The zero-order valence-electron chi connectivity index (χ0n) is 19.0. The largest absolute Gasteiger partial charge is 0.490 e. The summed E-state index contributed by atoms with van der Waals surface area (Å²) in [4.78, 5) is 35.6. The predicted octanol–water partition coefficient (Wildman–Crippen LogP) is 6.83. The number of anilines is 1. The fourth-order valence-corrected chi connectivity index (χ4v) is 4.15. The number of hydrogen-bond donors (Lipinski definition) is 1. The van der Waals surface area contributed by atoms with Crippen molar-refractivity contribution >= 4 is 68.5 Å². The number of esters is 1. The lowest BCUT2D eigenvalue weighted by Gasteiger charge is -2.14. The number of benzene rings is 3. The molecule has 1 N–H and O–H groups in total. The highest BCUT2D eigenvalue weighted by atomic mass is 79.9. The molecular formula is C25H16BrCl2N3O6. The zero-order valence-corrected chi connectivity index (χ0v) is 22.1. The van der Waals surface area contributed by atoms with Gasteiger partial charge in [-0.05, 0) is 58.8 Å². The maximum absolute atomic E-state index is 12.8. The van der Waals surface area contributed by atoms with E-state index in [2.05, 4.69) is 21.2 Å². The Labute approximate surface area is 229 Å². The van der Waals surface area contributed by atoms with Gasteiger partial charge in [-0.3, -0.25) is 14.9 Å². The standard InChI is InChI=1S/C25H16BrCl2N3O6/c1-2-36-21-10-14(9-18(26)23(21)37-25(33)15-6-4-3-5-7-15)8-16(13-29)24(32)30-22-19(27)11-17(31(34)35)12-20(22)28/h3-12H,2H2,1H3,(H,30,32)/b16-8+. The van der Waals surface area contributed by atoms with Crippen LogP contribution in [0.1, 0.15) is 22.8 Å². The normalized spacial score (nSPS) is 10.8. The number of nitrogens with zero attached hydrogens (tertiary/aromatic N) is 2. The quantitative estimate of drug-likeness (QED) is 0.0744. The van der Waals surface area contributed by atoms with Crippen LogP contribution in [-0.4, -0.2) is 23.4 Å². The number of carbonyl (C=O) groups excluding carboxylic acids is 2. The monoisotopic (exact) mass is 603 g/mol. The molecule has 12 heteroatoms. The van der Waals surface area contributed by atoms with Crippen LogP contribution < -0.4 is 14.8 Å². The molecule has 37 heavy (non-hydrogen) atoms. The van der Waals surface area contributed by atoms with E-state index in [0.717, 1.165) is 12.1 Å². The Bertz CT molecular complexity index is 1430. The van der Waals surface area contributed by atoms with Crippen molar-refractivity contribution < 1.29 is 24.0 Å². The van der Waals surface area contributed by atoms with Crippen LogP contribution in [-0.2, 0) is 4.79 Å². The third-order valence-electron chi connectivity index (χ3n) is 4.69. The lowest BCUT2D eigenvalue weighted by Crippen LogP contribution is -2.14. The summed E-state index contributed by atoms with van der Waals surface area (Å²) in [6, 6.07) is 15.3. The van der Waals surface area contributed by atoms with Crippen LogP contribution in [0.2, 0.25) is 10.0 Å². The Hall–Kier alpha value is -3.91. The average molecular weight is 605 g/mol. The molecule has 0 aliphatic heterocycles. The van der Waals surface area contributed by atoms with Gasteiger partial charge in [0, 0.05) is 12.1 Å². The third kappa shape index (κ3) is 6.86. The topological polar surface area (TPSA) is 132 Å². The van der Waals surface area contributed by atoms with Crippen molar-refractivity contribution in [2.45, 2.75) is 6.92 Å². The number of ether oxygens (including phenoxy) is 2. The molecule has 0 heterocycles. The first kappa shape index (κ1) is 27.7. The highest BCUT2D eigenvalue weighted by Gasteiger charge is 2.20. The van der Waals surface area contributed by atoms with E-state index >= 15 is 0 Å². The fraction of sp³-hybridized carbons (Fsp3) is 0.0800. The number of nitro groups is 1. The Morgan fingerprint density at radius 2 is 1.81 bits per heavy atom. The van der Waals surface area contributed by atoms with Crippen molar-refractivity contribution in [3.05, 3.63) is 95.9 Å². The van der Waals surface area contributed by atoms with Gasteiger partial charge in [-0.15, -0.1) is 0 Å². The molecule has 0 unspecified atom stereocenters. The first-order valence-electron chi connectivity index (χ1n) is 10.4. The van der Waals surface area contributed by atoms with Crippen molar-refractivity contribution in [1.82, 2.24) is 0 Å². The minimum Gasteiger partial charge on any atom is -0.490 e. The molecule has 0 radical (unpaired) electrons. The number of hydrogen-bond acceptors (Lipinski definition) is 7. The molecule has 188 valence electrons. The van der Waals surface area contributed by atoms with Crippen molar-refractivity contribution in [2.24, 2.45) is 0 Å². The molecular weight excluding hydrogens is 589 g/mol. The minimum absolute atomic E-state index is 0.0839. The van der Waals surface area contributed by atoms with Crippen LogP contribution in [0.4, 0.5) is 11.4 Å². The number of rotatable bonds is 8. The molecule has 0 bridgehead atoms. The van der Waals surface area contributed by atoms with Gasteiger partial charge < -0.3 is 14.8 Å². The first-order chi connectivity index (χ1) is 17.6. The molecule has 9 nitrogen and oxygen atoms in total. The van der Waals surface area contributed by atoms with E-state index in [0.29, 0.717) is 15.6 Å². The van der Waals surface area contributed by atoms with Crippen LogP contribution >= 0.6 is 39.1 Å². The van der Waals surface area contributed by atoms with Gasteiger partial charge in [0.25, 0.3) is 11.6 Å². The van der Waals surface area contributed by atoms with E-state index in [4.69, 9.17) is 32.7 Å². The van der Waals surface area contributed by atoms with E-state index in [1.165, 1.54) is 18.2 Å². The maximum atomic E-state index is 12.8. The van der Waals surface area contributed by atoms with Crippen molar-refractivity contribution in [3.8, 4) is 17.6 Å². The van der Waals surface area contributed by atoms with Gasteiger partial charge >= 0.3 is 5.97 Å². The second-order valence-corrected chi connectivity index (χ2v) is 8.85. The molecule has 3 rings (SSSR count). The number of nitriles is 1. The molecule has 0 saturated heterocycles. The van der Waals surface area contributed by atoms with E-state index in [-0.39, 0.29) is 45.1 Å². The van der Waals surface area contributed by atoms with Crippen LogP contribution in [0.25, 0.3) is 6.08 Å². The highest BCUT2D eigenvalue weighted by molar-refractivity contribution is 9.10. The summed E-state index contributed by atoms with van der Waals surface area (Å²) < 4.78 is 11.5. The molecule has 0 aromatic heterocycles. The minimum atomic E-state index is -0.853. The summed E-state index contributed by atoms with van der Waals surface area (Å²) >= 11 is 15.4. The Kier molecular flexibility index (Phi) is 9.25. The first-order valence-corrected chi connectivity index (χ1v) is 12.0. The van der Waals surface area contributed by atoms with Gasteiger partial charge in [0.2, 0.25) is 0 Å². The molecule has 0 saturated carbocycles. The second-order valence-electron chi connectivity index (χ2n) is 7.18. The summed E-state index contributed by atoms with van der Waals surface area (Å²) in [5.74, 6) is -1.12. The zero-order chi connectivity index (χ0) is 27.1. The molecule has 0 fully saturated rings. The Morgan fingerprint density at radius 3 is 2.38 bits per heavy atom. The Balaban J connectivity index is 1.91. The number of carbonyl (C=O) groups is 2. The van der Waals surface area contributed by atoms with Crippen LogP contribution in [0.5, 0.6) is 11.5 Å². The summed E-state index contributed by atoms with van der Waals surface area (Å²) in [5.41, 5.74) is -0.0473. The van der Waals surface area contributed by atoms with Gasteiger partial charge in [0.15, 0.2) is 11.5 Å². The Morgan fingerprint density at radius 1 is 1.16 bits per heavy atom. The molecule has 0 atom stereocenters. The van der Waals surface area contributed by atoms with Gasteiger partial charge in [-0.25, -0.2) is 4.79 Å². The van der Waals surface area contributed by atoms with Gasteiger partial charge in [-0.2, -0.15) is 5.26 Å². The second kappa shape index (κ2) is 12.4. The SMILES string of the molecule is CCOc1cc(/C=C(\C#N)C(=O)Nc2c(Cl)cc([N+](=O)[O-])cc2Cl)cc(Br)c1OC(=O)c1ccccc1. The van der Waals surface area contributed by atoms with Gasteiger partial charge in [0.1, 0.15) is 11.6 Å². The smallest absolute Gasteiger partial charge is 0.343 e. The lowest BCUT2D eigenvalue weighted by molar-refractivity contribution is -0.384. The maximum Gasteiger partial charge on any atom is 0.343 e. The fourth-order valence-electron chi connectivity index (χ4n) is 3.04. The van der Waals surface area contributed by atoms with Crippen LogP contribution in [0.15, 0.2) is 64.6 Å². The number of nitrogens with one attached hydrogen (secondary N) is 1. The van der Waals surface area contributed by atoms with Crippen molar-refractivity contribution in [1.29, 1.82) is 5.26 Å². The number of nitro benzene ring substituents is 1. The number of halogens is 3. The molecule has 0 spiro atoms. The summed E-state index contributed by atoms with van der Waals surface area (Å²) in [6.45, 7) is 1.99. The summed E-state index contributed by atoms with van der Waals surface area (Å²) in [6.07, 6.45) is 1.28. The number of amides is 1. The molecule has 3 aromatic rings. The highest BCUT2D eigenvalue weighted by Crippen LogP contribution is 2.38. The van der Waals surface area contributed by atoms with E-state index < -0.39 is 16.8 Å². The predicted molar refractivity (Wildman–Crippen MR) is 142 cm³/mol. The van der Waals surface area contributed by atoms with Gasteiger partial charge in [0.05, 0.1) is 37.3 Å². The summed E-state index contributed by atoms with van der Waals surface area (Å²) in [7, 11) is 0. The molecule has 0 aliphatic rings. The molecule has 0 aliphatic carbocycles. The van der Waals surface area contributed by atoms with Crippen molar-refractivity contribution in [3.63, 3.8) is 0 Å². The lowest BCUT2D eigenvalue weighted by atomic mass is 10.1. The van der Waals surface area contributed by atoms with E-state index in [9.17, 15) is 25.0 Å². The van der Waals surface area contributed by atoms with Gasteiger partial charge in [-0.1, -0.05) is 41.4 Å².